The zero-order chi connectivity index (χ0) is 18.9. The molecule has 6 heteroatoms. The molecule has 0 unspecified atom stereocenters. The Morgan fingerprint density at radius 2 is 1.81 bits per heavy atom. The zero-order valence-electron chi connectivity index (χ0n) is 16.2. The molecule has 144 valence electrons. The van der Waals surface area contributed by atoms with Crippen LogP contribution in [0.1, 0.15) is 33.1 Å². The second-order valence-corrected chi connectivity index (χ2v) is 6.69. The Morgan fingerprint density at radius 3 is 2.42 bits per heavy atom. The average molecular weight is 361 g/mol. The average Bonchev–Trinajstić information content (AvgIpc) is 2.67. The third-order valence-electron chi connectivity index (χ3n) is 4.86. The van der Waals surface area contributed by atoms with Crippen LogP contribution in [0.4, 0.5) is 5.69 Å². The maximum atomic E-state index is 12.6. The first-order valence-electron chi connectivity index (χ1n) is 9.48. The SMILES string of the molecule is CCCCCN(CC(=O)N1CCN(c2ccccc2OC)CC1)C(C)=O. The zero-order valence-corrected chi connectivity index (χ0v) is 16.2. The van der Waals surface area contributed by atoms with Crippen LogP contribution >= 0.6 is 0 Å². The number of hydrogen-bond donors (Lipinski definition) is 0. The number of para-hydroxylation sites is 2. The molecule has 1 aliphatic heterocycles. The van der Waals surface area contributed by atoms with Crippen molar-refractivity contribution >= 4 is 17.5 Å². The van der Waals surface area contributed by atoms with Crippen LogP contribution in [0.5, 0.6) is 5.75 Å². The Hall–Kier alpha value is -2.24. The molecule has 1 aromatic rings. The summed E-state index contributed by atoms with van der Waals surface area (Å²) in [4.78, 5) is 30.2. The standard InChI is InChI=1S/C20H31N3O3/c1-4-5-8-11-23(17(2)24)16-20(25)22-14-12-21(13-15-22)18-9-6-7-10-19(18)26-3/h6-7,9-10H,4-5,8,11-16H2,1-3H3. The number of nitrogens with zero attached hydrogens (tertiary/aromatic N) is 3. The number of carbonyl (C=O) groups excluding carboxylic acids is 2. The molecule has 0 aliphatic carbocycles. The number of unbranched alkanes of at least 4 members (excludes halogenated alkanes) is 2. The maximum absolute atomic E-state index is 12.6. The van der Waals surface area contributed by atoms with E-state index in [1.165, 1.54) is 0 Å². The lowest BCUT2D eigenvalue weighted by Crippen LogP contribution is -2.51. The number of amides is 2. The predicted octanol–water partition coefficient (Wildman–Crippen LogP) is 2.38. The van der Waals surface area contributed by atoms with Crippen molar-refractivity contribution in [2.75, 3.05) is 51.3 Å². The van der Waals surface area contributed by atoms with Gasteiger partial charge in [0, 0.05) is 39.6 Å². The van der Waals surface area contributed by atoms with E-state index in [2.05, 4.69) is 11.8 Å². The highest BCUT2D eigenvalue weighted by Crippen LogP contribution is 2.28. The van der Waals surface area contributed by atoms with Gasteiger partial charge in [0.1, 0.15) is 5.75 Å². The Bertz CT molecular complexity index is 598. The molecule has 1 fully saturated rings. The van der Waals surface area contributed by atoms with Crippen molar-refractivity contribution in [3.8, 4) is 5.75 Å². The molecular weight excluding hydrogens is 330 g/mol. The quantitative estimate of drug-likeness (QED) is 0.667. The molecule has 1 saturated heterocycles. The fraction of sp³-hybridized carbons (Fsp3) is 0.600. The number of carbonyl (C=O) groups is 2. The summed E-state index contributed by atoms with van der Waals surface area (Å²) in [5.74, 6) is 0.865. The van der Waals surface area contributed by atoms with Crippen molar-refractivity contribution in [3.63, 3.8) is 0 Å². The summed E-state index contributed by atoms with van der Waals surface area (Å²) in [5, 5.41) is 0. The first-order valence-corrected chi connectivity index (χ1v) is 9.48. The number of benzene rings is 1. The van der Waals surface area contributed by atoms with E-state index in [4.69, 9.17) is 4.74 Å². The molecule has 0 aromatic heterocycles. The molecule has 0 atom stereocenters. The molecular formula is C20H31N3O3. The van der Waals surface area contributed by atoms with Gasteiger partial charge >= 0.3 is 0 Å². The number of ether oxygens (including phenoxy) is 1. The molecule has 1 aromatic carbocycles. The molecule has 2 rings (SSSR count). The number of methoxy groups -OCH3 is 1. The van der Waals surface area contributed by atoms with E-state index in [0.29, 0.717) is 19.6 Å². The molecule has 1 heterocycles. The minimum Gasteiger partial charge on any atom is -0.495 e. The second-order valence-electron chi connectivity index (χ2n) is 6.69. The summed E-state index contributed by atoms with van der Waals surface area (Å²) in [6.07, 6.45) is 3.13. The van der Waals surface area contributed by atoms with Gasteiger partial charge in [-0.25, -0.2) is 0 Å². The summed E-state index contributed by atoms with van der Waals surface area (Å²) in [6, 6.07) is 7.95. The number of hydrogen-bond acceptors (Lipinski definition) is 4. The van der Waals surface area contributed by atoms with E-state index in [1.54, 1.807) is 18.9 Å². The van der Waals surface area contributed by atoms with E-state index < -0.39 is 0 Å². The predicted molar refractivity (Wildman–Crippen MR) is 104 cm³/mol. The molecule has 0 saturated carbocycles. The number of anilines is 1. The molecule has 0 N–H and O–H groups in total. The third-order valence-corrected chi connectivity index (χ3v) is 4.86. The third kappa shape index (κ3) is 5.38. The summed E-state index contributed by atoms with van der Waals surface area (Å²) >= 11 is 0. The van der Waals surface area contributed by atoms with Crippen LogP contribution in [0.25, 0.3) is 0 Å². The monoisotopic (exact) mass is 361 g/mol. The van der Waals surface area contributed by atoms with Crippen molar-refractivity contribution < 1.29 is 14.3 Å². The van der Waals surface area contributed by atoms with Gasteiger partial charge in [0.2, 0.25) is 11.8 Å². The first-order chi connectivity index (χ1) is 12.6. The highest BCUT2D eigenvalue weighted by molar-refractivity contribution is 5.84. The second kappa shape index (κ2) is 10.0. The van der Waals surface area contributed by atoms with Gasteiger partial charge < -0.3 is 19.4 Å². The first kappa shape index (κ1) is 20.1. The van der Waals surface area contributed by atoms with E-state index >= 15 is 0 Å². The lowest BCUT2D eigenvalue weighted by atomic mass is 10.2. The van der Waals surface area contributed by atoms with Crippen LogP contribution < -0.4 is 9.64 Å². The van der Waals surface area contributed by atoms with Crippen LogP contribution in [0.15, 0.2) is 24.3 Å². The van der Waals surface area contributed by atoms with Gasteiger partial charge in [-0.2, -0.15) is 0 Å². The molecule has 1 aliphatic rings. The van der Waals surface area contributed by atoms with Crippen molar-refractivity contribution in [1.29, 1.82) is 0 Å². The van der Waals surface area contributed by atoms with Gasteiger partial charge in [0.25, 0.3) is 0 Å². The van der Waals surface area contributed by atoms with Crippen LogP contribution in [-0.2, 0) is 9.59 Å². The van der Waals surface area contributed by atoms with Crippen molar-refractivity contribution in [1.82, 2.24) is 9.80 Å². The Balaban J connectivity index is 1.88. The van der Waals surface area contributed by atoms with Gasteiger partial charge in [0.05, 0.1) is 19.3 Å². The van der Waals surface area contributed by atoms with Crippen LogP contribution in [0.2, 0.25) is 0 Å². The number of rotatable bonds is 8. The van der Waals surface area contributed by atoms with Gasteiger partial charge in [-0.05, 0) is 18.6 Å². The van der Waals surface area contributed by atoms with Crippen molar-refractivity contribution in [2.24, 2.45) is 0 Å². The minimum absolute atomic E-state index is 0.0258. The molecule has 26 heavy (non-hydrogen) atoms. The maximum Gasteiger partial charge on any atom is 0.242 e. The van der Waals surface area contributed by atoms with Gasteiger partial charge in [-0.1, -0.05) is 31.9 Å². The summed E-state index contributed by atoms with van der Waals surface area (Å²) in [6.45, 7) is 7.38. The van der Waals surface area contributed by atoms with Crippen LogP contribution in [0, 0.1) is 0 Å². The Kier molecular flexibility index (Phi) is 7.75. The van der Waals surface area contributed by atoms with Gasteiger partial charge in [-0.15, -0.1) is 0 Å². The van der Waals surface area contributed by atoms with Gasteiger partial charge in [-0.3, -0.25) is 9.59 Å². The van der Waals surface area contributed by atoms with Crippen LogP contribution in [0.3, 0.4) is 0 Å². The molecule has 6 nitrogen and oxygen atoms in total. The smallest absolute Gasteiger partial charge is 0.242 e. The summed E-state index contributed by atoms with van der Waals surface area (Å²) in [5.41, 5.74) is 1.06. The molecule has 0 spiro atoms. The van der Waals surface area contributed by atoms with E-state index in [-0.39, 0.29) is 18.4 Å². The molecule has 0 radical (unpaired) electrons. The molecule has 0 bridgehead atoms. The topological polar surface area (TPSA) is 53.1 Å². The fourth-order valence-electron chi connectivity index (χ4n) is 3.25. The molecule has 2 amide bonds. The fourth-order valence-corrected chi connectivity index (χ4v) is 3.25. The Labute approximate surface area is 156 Å². The van der Waals surface area contributed by atoms with E-state index in [9.17, 15) is 9.59 Å². The Morgan fingerprint density at radius 1 is 1.12 bits per heavy atom. The van der Waals surface area contributed by atoms with Crippen molar-refractivity contribution in [3.05, 3.63) is 24.3 Å². The summed E-state index contributed by atoms with van der Waals surface area (Å²) < 4.78 is 5.43. The van der Waals surface area contributed by atoms with Crippen LogP contribution in [-0.4, -0.2) is 68.0 Å². The normalized spacial score (nSPS) is 14.3. The highest BCUT2D eigenvalue weighted by atomic mass is 16.5. The highest BCUT2D eigenvalue weighted by Gasteiger charge is 2.24. The summed E-state index contributed by atoms with van der Waals surface area (Å²) in [7, 11) is 1.67. The van der Waals surface area contributed by atoms with Gasteiger partial charge in [0.15, 0.2) is 0 Å². The minimum atomic E-state index is -0.0258. The largest absolute Gasteiger partial charge is 0.495 e. The van der Waals surface area contributed by atoms with Crippen molar-refractivity contribution in [2.45, 2.75) is 33.1 Å². The van der Waals surface area contributed by atoms with E-state index in [1.807, 2.05) is 29.2 Å². The van der Waals surface area contributed by atoms with E-state index in [0.717, 1.165) is 43.8 Å². The lowest BCUT2D eigenvalue weighted by molar-refractivity contribution is -0.139. The number of piperazine rings is 1. The lowest BCUT2D eigenvalue weighted by Gasteiger charge is -2.37.